The molecule has 31 heavy (non-hydrogen) atoms. The van der Waals surface area contributed by atoms with E-state index in [4.69, 9.17) is 0 Å². The van der Waals surface area contributed by atoms with Crippen LogP contribution in [0.1, 0.15) is 64.7 Å². The van der Waals surface area contributed by atoms with Gasteiger partial charge in [0.15, 0.2) is 0 Å². The number of hydrogen-bond acceptors (Lipinski definition) is 0. The van der Waals surface area contributed by atoms with Gasteiger partial charge in [-0.05, 0) is 72.9 Å². The first-order valence-corrected chi connectivity index (χ1v) is 15.3. The van der Waals surface area contributed by atoms with E-state index in [1.807, 2.05) is 0 Å². The third-order valence-electron chi connectivity index (χ3n) is 7.66. The fourth-order valence-corrected chi connectivity index (χ4v) is 13.3. The molecule has 0 unspecified atom stereocenters. The van der Waals surface area contributed by atoms with Crippen LogP contribution in [0, 0.1) is 0 Å². The van der Waals surface area contributed by atoms with Crippen LogP contribution in [0.5, 0.6) is 0 Å². The highest BCUT2D eigenvalue weighted by Crippen LogP contribution is 2.63. The van der Waals surface area contributed by atoms with Crippen molar-refractivity contribution < 1.29 is 0 Å². The smallest absolute Gasteiger partial charge is 0.00101 e. The van der Waals surface area contributed by atoms with E-state index < -0.39 is 7.92 Å². The van der Waals surface area contributed by atoms with Crippen molar-refractivity contribution in [2.75, 3.05) is 0 Å². The Morgan fingerprint density at radius 2 is 1.19 bits per heavy atom. The van der Waals surface area contributed by atoms with E-state index in [1.54, 1.807) is 10.9 Å². The molecular formula is C29H36P2. The monoisotopic (exact) mass is 446 g/mol. The fraction of sp³-hybridized carbons (Fsp3) is 0.448. The van der Waals surface area contributed by atoms with E-state index in [-0.39, 0.29) is 7.92 Å². The van der Waals surface area contributed by atoms with E-state index in [9.17, 15) is 0 Å². The van der Waals surface area contributed by atoms with Crippen molar-refractivity contribution >= 4 is 26.5 Å². The molecule has 2 saturated carbocycles. The van der Waals surface area contributed by atoms with E-state index in [0.29, 0.717) is 0 Å². The summed E-state index contributed by atoms with van der Waals surface area (Å²) in [6, 6.07) is 22.6. The second-order valence-electron chi connectivity index (χ2n) is 9.52. The summed E-state index contributed by atoms with van der Waals surface area (Å²) >= 11 is 0. The predicted octanol–water partition coefficient (Wildman–Crippen LogP) is 8.09. The first-order chi connectivity index (χ1) is 15.3. The number of rotatable bonds is 7. The molecule has 0 nitrogen and oxygen atoms in total. The van der Waals surface area contributed by atoms with Crippen molar-refractivity contribution in [3.05, 3.63) is 83.7 Å². The van der Waals surface area contributed by atoms with Crippen molar-refractivity contribution in [1.29, 1.82) is 0 Å². The maximum absolute atomic E-state index is 2.63. The number of benzene rings is 2. The third-order valence-corrected chi connectivity index (χ3v) is 14.1. The van der Waals surface area contributed by atoms with Gasteiger partial charge in [-0.25, -0.2) is 0 Å². The van der Waals surface area contributed by atoms with Crippen molar-refractivity contribution in [3.63, 3.8) is 0 Å². The molecule has 2 heteroatoms. The molecule has 2 aromatic rings. The summed E-state index contributed by atoms with van der Waals surface area (Å²) < 4.78 is 0. The maximum Gasteiger partial charge on any atom is -0.00101 e. The van der Waals surface area contributed by atoms with Crippen LogP contribution in [0.2, 0.25) is 0 Å². The summed E-state index contributed by atoms with van der Waals surface area (Å²) in [5.41, 5.74) is 4.64. The molecule has 0 aromatic heterocycles. The molecule has 162 valence electrons. The molecule has 0 radical (unpaired) electrons. The fourth-order valence-electron chi connectivity index (χ4n) is 6.21. The predicted molar refractivity (Wildman–Crippen MR) is 141 cm³/mol. The van der Waals surface area contributed by atoms with Gasteiger partial charge in [0.25, 0.3) is 0 Å². The molecule has 2 aromatic carbocycles. The van der Waals surface area contributed by atoms with Gasteiger partial charge in [0.2, 0.25) is 0 Å². The third kappa shape index (κ3) is 4.63. The van der Waals surface area contributed by atoms with E-state index in [2.05, 4.69) is 79.7 Å². The summed E-state index contributed by atoms with van der Waals surface area (Å²) in [5.74, 6) is 0. The zero-order chi connectivity index (χ0) is 21.0. The van der Waals surface area contributed by atoms with Crippen molar-refractivity contribution in [3.8, 4) is 0 Å². The van der Waals surface area contributed by atoms with Crippen LogP contribution in [0.25, 0.3) is 0 Å². The van der Waals surface area contributed by atoms with Gasteiger partial charge in [-0.3, -0.25) is 0 Å². The van der Waals surface area contributed by atoms with Gasteiger partial charge < -0.3 is 0 Å². The Morgan fingerprint density at radius 3 is 1.68 bits per heavy atom. The Bertz CT molecular complexity index is 847. The lowest BCUT2D eigenvalue weighted by Crippen LogP contribution is -2.21. The molecule has 0 heterocycles. The molecule has 1 atom stereocenters. The highest BCUT2D eigenvalue weighted by Gasteiger charge is 2.38. The molecule has 3 aliphatic rings. The first kappa shape index (κ1) is 21.6. The normalized spacial score (nSPS) is 21.1. The molecule has 0 amide bonds. The summed E-state index contributed by atoms with van der Waals surface area (Å²) in [7, 11) is -0.382. The largest absolute Gasteiger partial charge is 0.0932 e. The van der Waals surface area contributed by atoms with Gasteiger partial charge in [-0.2, -0.15) is 0 Å². The minimum absolute atomic E-state index is 0.0882. The molecule has 2 fully saturated rings. The highest BCUT2D eigenvalue weighted by molar-refractivity contribution is 7.77. The lowest BCUT2D eigenvalue weighted by Gasteiger charge is -2.37. The second kappa shape index (κ2) is 10.1. The maximum atomic E-state index is 2.63. The van der Waals surface area contributed by atoms with Crippen molar-refractivity contribution in [2.24, 2.45) is 0 Å². The molecule has 0 N–H and O–H groups in total. The minimum Gasteiger partial charge on any atom is -0.0932 e. The van der Waals surface area contributed by atoms with Gasteiger partial charge in [0, 0.05) is 0 Å². The van der Waals surface area contributed by atoms with Crippen molar-refractivity contribution in [2.45, 2.75) is 81.7 Å². The molecule has 5 rings (SSSR count). The minimum atomic E-state index is -0.470. The lowest BCUT2D eigenvalue weighted by atomic mass is 10.2. The number of hydrogen-bond donors (Lipinski definition) is 0. The van der Waals surface area contributed by atoms with Crippen LogP contribution in [-0.2, 0) is 0 Å². The Balaban J connectivity index is 1.55. The number of allylic oxidation sites excluding steroid dienone is 4. The first-order valence-electron chi connectivity index (χ1n) is 12.4. The Hall–Kier alpha value is -1.22. The summed E-state index contributed by atoms with van der Waals surface area (Å²) in [5, 5.41) is 4.67. The molecule has 0 bridgehead atoms. The Labute approximate surface area is 191 Å². The molecule has 0 saturated heterocycles. The zero-order valence-electron chi connectivity index (χ0n) is 18.9. The van der Waals surface area contributed by atoms with Gasteiger partial charge in [-0.1, -0.05) is 119 Å². The standard InChI is InChI=1S/C29H36P2/c1-23(30(24-17-8-9-18-24)25-19-10-11-20-25)28-21-12-22-29(28)31(26-13-4-2-5-14-26)27-15-6-3-7-16-27/h2-7,12-16,22-25H,8-11,17-21H2,1H3/t23-/m1/s1. The van der Waals surface area contributed by atoms with Crippen LogP contribution in [0.4, 0.5) is 0 Å². The molecular weight excluding hydrogens is 410 g/mol. The Kier molecular flexibility index (Phi) is 7.08. The quantitative estimate of drug-likeness (QED) is 0.377. The molecule has 0 aliphatic heterocycles. The SMILES string of the molecule is C[C@H](C1=C(P(c2ccccc2)c2ccccc2)C=CC1)P(C1CCCC1)C1CCCC1. The Morgan fingerprint density at radius 1 is 0.710 bits per heavy atom. The summed E-state index contributed by atoms with van der Waals surface area (Å²) in [6.07, 6.45) is 18.1. The average Bonchev–Trinajstić information content (AvgIpc) is 3.59. The van der Waals surface area contributed by atoms with Crippen LogP contribution in [0.3, 0.4) is 0 Å². The van der Waals surface area contributed by atoms with E-state index >= 15 is 0 Å². The van der Waals surface area contributed by atoms with Gasteiger partial charge >= 0.3 is 0 Å². The van der Waals surface area contributed by atoms with E-state index in [1.165, 1.54) is 68.4 Å². The van der Waals surface area contributed by atoms with Crippen LogP contribution >= 0.6 is 15.8 Å². The average molecular weight is 447 g/mol. The lowest BCUT2D eigenvalue weighted by molar-refractivity contribution is 0.807. The van der Waals surface area contributed by atoms with Crippen LogP contribution in [0.15, 0.2) is 83.7 Å². The van der Waals surface area contributed by atoms with Crippen molar-refractivity contribution in [1.82, 2.24) is 0 Å². The zero-order valence-corrected chi connectivity index (χ0v) is 20.7. The van der Waals surface area contributed by atoms with Gasteiger partial charge in [-0.15, -0.1) is 0 Å². The topological polar surface area (TPSA) is 0 Å². The van der Waals surface area contributed by atoms with Crippen LogP contribution < -0.4 is 10.6 Å². The summed E-state index contributed by atoms with van der Waals surface area (Å²) in [4.78, 5) is 0. The highest BCUT2D eigenvalue weighted by atomic mass is 31.1. The summed E-state index contributed by atoms with van der Waals surface area (Å²) in [6.45, 7) is 2.63. The van der Waals surface area contributed by atoms with Crippen LogP contribution in [-0.4, -0.2) is 17.0 Å². The molecule has 3 aliphatic carbocycles. The second-order valence-corrected chi connectivity index (χ2v) is 14.8. The van der Waals surface area contributed by atoms with E-state index in [0.717, 1.165) is 17.0 Å². The van der Waals surface area contributed by atoms with Gasteiger partial charge in [0.05, 0.1) is 0 Å². The van der Waals surface area contributed by atoms with Gasteiger partial charge in [0.1, 0.15) is 0 Å². The molecule has 0 spiro atoms.